The third kappa shape index (κ3) is 3.57. The van der Waals surface area contributed by atoms with Crippen LogP contribution >= 0.6 is 43.5 Å². The van der Waals surface area contributed by atoms with Crippen molar-refractivity contribution in [2.75, 3.05) is 6.61 Å². The predicted octanol–water partition coefficient (Wildman–Crippen LogP) is 6.25. The zero-order chi connectivity index (χ0) is 14.7. The van der Waals surface area contributed by atoms with Gasteiger partial charge in [-0.15, -0.1) is 11.6 Å². The van der Waals surface area contributed by atoms with E-state index < -0.39 is 0 Å². The fourth-order valence-corrected chi connectivity index (χ4v) is 3.44. The predicted molar refractivity (Wildman–Crippen MR) is 91.9 cm³/mol. The van der Waals surface area contributed by atoms with Crippen molar-refractivity contribution in [3.8, 4) is 5.75 Å². The van der Waals surface area contributed by atoms with Gasteiger partial charge in [0.05, 0.1) is 12.0 Å². The van der Waals surface area contributed by atoms with Crippen LogP contribution in [0, 0.1) is 6.92 Å². The zero-order valence-electron chi connectivity index (χ0n) is 11.3. The SMILES string of the molecule is CCOc1ccc(C(Cl)c2cc(Br)c(C)cc2Br)cc1. The van der Waals surface area contributed by atoms with Crippen LogP contribution in [0.25, 0.3) is 0 Å². The van der Waals surface area contributed by atoms with E-state index in [2.05, 4.69) is 50.9 Å². The van der Waals surface area contributed by atoms with Gasteiger partial charge in [0.15, 0.2) is 0 Å². The summed E-state index contributed by atoms with van der Waals surface area (Å²) < 4.78 is 7.53. The first-order chi connectivity index (χ1) is 9.52. The number of ether oxygens (including phenoxy) is 1. The minimum Gasteiger partial charge on any atom is -0.494 e. The van der Waals surface area contributed by atoms with Crippen molar-refractivity contribution in [2.45, 2.75) is 19.2 Å². The molecule has 2 aromatic rings. The Kier molecular flexibility index (Phi) is 5.53. The molecule has 0 radical (unpaired) electrons. The largest absolute Gasteiger partial charge is 0.494 e. The van der Waals surface area contributed by atoms with Crippen LogP contribution in [0.3, 0.4) is 0 Å². The highest BCUT2D eigenvalue weighted by Crippen LogP contribution is 2.37. The van der Waals surface area contributed by atoms with Gasteiger partial charge in [0.2, 0.25) is 0 Å². The quantitative estimate of drug-likeness (QED) is 0.534. The summed E-state index contributed by atoms with van der Waals surface area (Å²) in [7, 11) is 0. The summed E-state index contributed by atoms with van der Waals surface area (Å²) in [5.41, 5.74) is 3.27. The van der Waals surface area contributed by atoms with Gasteiger partial charge in [-0.2, -0.15) is 0 Å². The standard InChI is InChI=1S/C16H15Br2ClO/c1-3-20-12-6-4-11(5-7-12)16(19)13-9-14(17)10(2)8-15(13)18/h4-9,16H,3H2,1-2H3. The highest BCUT2D eigenvalue weighted by Gasteiger charge is 2.15. The summed E-state index contributed by atoms with van der Waals surface area (Å²) in [6.07, 6.45) is 0. The van der Waals surface area contributed by atoms with Gasteiger partial charge in [-0.25, -0.2) is 0 Å². The molecule has 1 nitrogen and oxygen atoms in total. The Morgan fingerprint density at radius 3 is 2.35 bits per heavy atom. The number of benzene rings is 2. The van der Waals surface area contributed by atoms with Crippen LogP contribution in [0.4, 0.5) is 0 Å². The topological polar surface area (TPSA) is 9.23 Å². The smallest absolute Gasteiger partial charge is 0.119 e. The fraction of sp³-hybridized carbons (Fsp3) is 0.250. The third-order valence-corrected chi connectivity index (χ3v) is 5.06. The van der Waals surface area contributed by atoms with E-state index in [0.29, 0.717) is 6.61 Å². The Morgan fingerprint density at radius 1 is 1.10 bits per heavy atom. The third-order valence-electron chi connectivity index (χ3n) is 3.03. The van der Waals surface area contributed by atoms with Crippen molar-refractivity contribution >= 4 is 43.5 Å². The molecule has 20 heavy (non-hydrogen) atoms. The fourth-order valence-electron chi connectivity index (χ4n) is 1.94. The molecule has 0 saturated carbocycles. The van der Waals surface area contributed by atoms with Crippen LogP contribution in [-0.2, 0) is 0 Å². The number of aryl methyl sites for hydroxylation is 1. The Labute approximate surface area is 141 Å². The summed E-state index contributed by atoms with van der Waals surface area (Å²) >= 11 is 13.7. The molecule has 2 rings (SSSR count). The number of hydrogen-bond donors (Lipinski definition) is 0. The highest BCUT2D eigenvalue weighted by atomic mass is 79.9. The molecular weight excluding hydrogens is 403 g/mol. The van der Waals surface area contributed by atoms with Crippen molar-refractivity contribution in [1.82, 2.24) is 0 Å². The Bertz CT molecular complexity index is 596. The molecule has 0 bridgehead atoms. The van der Waals surface area contributed by atoms with Crippen molar-refractivity contribution in [2.24, 2.45) is 0 Å². The molecule has 1 atom stereocenters. The molecule has 0 spiro atoms. The van der Waals surface area contributed by atoms with E-state index in [1.54, 1.807) is 0 Å². The van der Waals surface area contributed by atoms with Gasteiger partial charge in [0.25, 0.3) is 0 Å². The molecule has 0 amide bonds. The van der Waals surface area contributed by atoms with Gasteiger partial charge in [-0.05, 0) is 54.8 Å². The summed E-state index contributed by atoms with van der Waals surface area (Å²) in [4.78, 5) is 0. The van der Waals surface area contributed by atoms with Crippen LogP contribution in [0.5, 0.6) is 5.75 Å². The molecule has 0 aliphatic heterocycles. The van der Waals surface area contributed by atoms with E-state index in [4.69, 9.17) is 16.3 Å². The lowest BCUT2D eigenvalue weighted by Crippen LogP contribution is -1.97. The normalized spacial score (nSPS) is 12.2. The van der Waals surface area contributed by atoms with Gasteiger partial charge in [-0.3, -0.25) is 0 Å². The average Bonchev–Trinajstić information content (AvgIpc) is 2.43. The van der Waals surface area contributed by atoms with E-state index in [0.717, 1.165) is 25.8 Å². The second-order valence-electron chi connectivity index (χ2n) is 4.49. The van der Waals surface area contributed by atoms with Crippen molar-refractivity contribution < 1.29 is 4.74 Å². The molecule has 0 N–H and O–H groups in total. The summed E-state index contributed by atoms with van der Waals surface area (Å²) in [5.74, 6) is 0.865. The number of hydrogen-bond acceptors (Lipinski definition) is 1. The summed E-state index contributed by atoms with van der Waals surface area (Å²) in [5, 5.41) is -0.197. The zero-order valence-corrected chi connectivity index (χ0v) is 15.2. The lowest BCUT2D eigenvalue weighted by molar-refractivity contribution is 0.340. The van der Waals surface area contributed by atoms with Gasteiger partial charge < -0.3 is 4.74 Å². The maximum absolute atomic E-state index is 6.60. The van der Waals surface area contributed by atoms with Crippen molar-refractivity contribution in [3.05, 3.63) is 62.0 Å². The molecule has 0 aliphatic rings. The van der Waals surface area contributed by atoms with Crippen LogP contribution in [0.2, 0.25) is 0 Å². The van der Waals surface area contributed by atoms with Crippen molar-refractivity contribution in [1.29, 1.82) is 0 Å². The van der Waals surface area contributed by atoms with Crippen LogP contribution in [-0.4, -0.2) is 6.61 Å². The number of alkyl halides is 1. The first-order valence-electron chi connectivity index (χ1n) is 6.35. The molecule has 0 aliphatic carbocycles. The molecule has 1 unspecified atom stereocenters. The maximum atomic E-state index is 6.60. The molecule has 4 heteroatoms. The lowest BCUT2D eigenvalue weighted by Gasteiger charge is -2.15. The Balaban J connectivity index is 2.31. The van der Waals surface area contributed by atoms with Gasteiger partial charge in [-0.1, -0.05) is 44.0 Å². The minimum atomic E-state index is -0.197. The molecule has 0 heterocycles. The first-order valence-corrected chi connectivity index (χ1v) is 8.37. The summed E-state index contributed by atoms with van der Waals surface area (Å²) in [6.45, 7) is 4.69. The van der Waals surface area contributed by atoms with Crippen LogP contribution < -0.4 is 4.74 Å². The van der Waals surface area contributed by atoms with E-state index >= 15 is 0 Å². The van der Waals surface area contributed by atoms with Crippen LogP contribution in [0.15, 0.2) is 45.3 Å². The maximum Gasteiger partial charge on any atom is 0.119 e. The van der Waals surface area contributed by atoms with Crippen LogP contribution in [0.1, 0.15) is 29.0 Å². The minimum absolute atomic E-state index is 0.197. The van der Waals surface area contributed by atoms with E-state index in [-0.39, 0.29) is 5.38 Å². The van der Waals surface area contributed by atoms with E-state index in [1.807, 2.05) is 31.2 Å². The van der Waals surface area contributed by atoms with E-state index in [9.17, 15) is 0 Å². The van der Waals surface area contributed by atoms with Gasteiger partial charge >= 0.3 is 0 Å². The lowest BCUT2D eigenvalue weighted by atomic mass is 10.0. The summed E-state index contributed by atoms with van der Waals surface area (Å²) in [6, 6.07) is 12.0. The average molecular weight is 419 g/mol. The van der Waals surface area contributed by atoms with Gasteiger partial charge in [0, 0.05) is 8.95 Å². The number of halogens is 3. The second-order valence-corrected chi connectivity index (χ2v) is 6.63. The molecular formula is C16H15Br2ClO. The molecule has 106 valence electrons. The van der Waals surface area contributed by atoms with E-state index in [1.165, 1.54) is 5.56 Å². The highest BCUT2D eigenvalue weighted by molar-refractivity contribution is 9.11. The molecule has 0 saturated heterocycles. The first kappa shape index (κ1) is 15.9. The molecule has 0 aromatic heterocycles. The second kappa shape index (κ2) is 6.97. The monoisotopic (exact) mass is 416 g/mol. The Morgan fingerprint density at radius 2 is 1.75 bits per heavy atom. The molecule has 0 fully saturated rings. The van der Waals surface area contributed by atoms with Crippen molar-refractivity contribution in [3.63, 3.8) is 0 Å². The number of rotatable bonds is 4. The Hall–Kier alpha value is -0.510. The molecule has 2 aromatic carbocycles. The van der Waals surface area contributed by atoms with Gasteiger partial charge in [0.1, 0.15) is 5.75 Å².